The van der Waals surface area contributed by atoms with Crippen molar-refractivity contribution in [1.82, 2.24) is 5.32 Å². The summed E-state index contributed by atoms with van der Waals surface area (Å²) >= 11 is 5.91. The first-order valence-electron chi connectivity index (χ1n) is 5.38. The van der Waals surface area contributed by atoms with Crippen LogP contribution in [-0.4, -0.2) is 6.03 Å². The van der Waals surface area contributed by atoms with Crippen molar-refractivity contribution in [1.29, 1.82) is 0 Å². The summed E-state index contributed by atoms with van der Waals surface area (Å²) < 4.78 is 0. The second-order valence-corrected chi connectivity index (χ2v) is 5.18. The molecule has 0 aromatic heterocycles. The SMILES string of the molecule is CC(C)(C)/C=C/NC(=O)Nc1ccccc1Cl. The molecule has 0 spiro atoms. The van der Waals surface area contributed by atoms with Crippen molar-refractivity contribution in [3.63, 3.8) is 0 Å². The third-order valence-electron chi connectivity index (χ3n) is 1.92. The predicted octanol–water partition coefficient (Wildman–Crippen LogP) is 4.02. The molecule has 0 fully saturated rings. The van der Waals surface area contributed by atoms with Crippen LogP contribution >= 0.6 is 11.6 Å². The molecule has 3 nitrogen and oxygen atoms in total. The Labute approximate surface area is 107 Å². The van der Waals surface area contributed by atoms with Gasteiger partial charge in [-0.2, -0.15) is 0 Å². The van der Waals surface area contributed by atoms with E-state index in [1.54, 1.807) is 18.3 Å². The molecule has 1 aromatic rings. The van der Waals surface area contributed by atoms with Crippen LogP contribution in [0.3, 0.4) is 0 Å². The van der Waals surface area contributed by atoms with Gasteiger partial charge in [0.2, 0.25) is 0 Å². The molecular weight excluding hydrogens is 236 g/mol. The van der Waals surface area contributed by atoms with E-state index in [0.717, 1.165) is 0 Å². The maximum Gasteiger partial charge on any atom is 0.323 e. The summed E-state index contributed by atoms with van der Waals surface area (Å²) in [6, 6.07) is 6.79. The van der Waals surface area contributed by atoms with Crippen molar-refractivity contribution < 1.29 is 4.79 Å². The second kappa shape index (κ2) is 5.73. The summed E-state index contributed by atoms with van der Waals surface area (Å²) in [4.78, 5) is 11.5. The molecule has 0 aliphatic carbocycles. The summed E-state index contributed by atoms with van der Waals surface area (Å²) in [5.41, 5.74) is 0.633. The van der Waals surface area contributed by atoms with Gasteiger partial charge in [0.25, 0.3) is 0 Å². The number of para-hydroxylation sites is 1. The lowest BCUT2D eigenvalue weighted by Crippen LogP contribution is -2.24. The number of carbonyl (C=O) groups excluding carboxylic acids is 1. The molecule has 0 aliphatic rings. The van der Waals surface area contributed by atoms with Crippen molar-refractivity contribution in [2.24, 2.45) is 5.41 Å². The van der Waals surface area contributed by atoms with Crippen LogP contribution in [-0.2, 0) is 0 Å². The van der Waals surface area contributed by atoms with Gasteiger partial charge in [0.1, 0.15) is 0 Å². The Morgan fingerprint density at radius 3 is 2.53 bits per heavy atom. The second-order valence-electron chi connectivity index (χ2n) is 4.78. The fraction of sp³-hybridized carbons (Fsp3) is 0.308. The highest BCUT2D eigenvalue weighted by Gasteiger charge is 2.05. The van der Waals surface area contributed by atoms with Gasteiger partial charge in [0, 0.05) is 6.20 Å². The Kier molecular flexibility index (Phi) is 4.58. The van der Waals surface area contributed by atoms with Crippen LogP contribution in [0.25, 0.3) is 0 Å². The van der Waals surface area contributed by atoms with E-state index in [1.807, 2.05) is 18.2 Å². The van der Waals surface area contributed by atoms with E-state index in [1.165, 1.54) is 0 Å². The molecule has 17 heavy (non-hydrogen) atoms. The normalized spacial score (nSPS) is 11.5. The molecule has 92 valence electrons. The molecule has 0 atom stereocenters. The topological polar surface area (TPSA) is 41.1 Å². The van der Waals surface area contributed by atoms with Gasteiger partial charge in [-0.05, 0) is 17.5 Å². The number of amides is 2. The van der Waals surface area contributed by atoms with Crippen LogP contribution in [0.15, 0.2) is 36.5 Å². The zero-order valence-electron chi connectivity index (χ0n) is 10.3. The lowest BCUT2D eigenvalue weighted by atomic mass is 9.97. The van der Waals surface area contributed by atoms with Crippen LogP contribution in [0.4, 0.5) is 10.5 Å². The van der Waals surface area contributed by atoms with Crippen molar-refractivity contribution in [3.05, 3.63) is 41.6 Å². The van der Waals surface area contributed by atoms with Crippen LogP contribution in [0.5, 0.6) is 0 Å². The number of benzene rings is 1. The molecular formula is C13H17ClN2O. The van der Waals surface area contributed by atoms with Crippen molar-refractivity contribution in [2.45, 2.75) is 20.8 Å². The van der Waals surface area contributed by atoms with Crippen molar-refractivity contribution >= 4 is 23.3 Å². The van der Waals surface area contributed by atoms with E-state index < -0.39 is 0 Å². The Hall–Kier alpha value is -1.48. The lowest BCUT2D eigenvalue weighted by Gasteiger charge is -2.11. The summed E-state index contributed by atoms with van der Waals surface area (Å²) in [6.45, 7) is 6.16. The highest BCUT2D eigenvalue weighted by atomic mass is 35.5. The number of rotatable bonds is 2. The molecule has 0 saturated heterocycles. The van der Waals surface area contributed by atoms with Gasteiger partial charge in [0.15, 0.2) is 0 Å². The van der Waals surface area contributed by atoms with Gasteiger partial charge in [-0.15, -0.1) is 0 Å². The summed E-state index contributed by atoms with van der Waals surface area (Å²) in [5, 5.41) is 5.81. The quantitative estimate of drug-likeness (QED) is 0.820. The molecule has 4 heteroatoms. The molecule has 0 bridgehead atoms. The van der Waals surface area contributed by atoms with Gasteiger partial charge in [0.05, 0.1) is 10.7 Å². The van der Waals surface area contributed by atoms with Crippen LogP contribution < -0.4 is 10.6 Å². The summed E-state index contributed by atoms with van der Waals surface area (Å²) in [6.07, 6.45) is 3.55. The number of anilines is 1. The van der Waals surface area contributed by atoms with E-state index in [-0.39, 0.29) is 11.4 Å². The molecule has 0 aliphatic heterocycles. The Morgan fingerprint density at radius 2 is 1.94 bits per heavy atom. The smallest absolute Gasteiger partial charge is 0.315 e. The number of halogens is 1. The van der Waals surface area contributed by atoms with Gasteiger partial charge in [-0.25, -0.2) is 4.79 Å². The summed E-state index contributed by atoms with van der Waals surface area (Å²) in [5.74, 6) is 0. The van der Waals surface area contributed by atoms with Crippen LogP contribution in [0.1, 0.15) is 20.8 Å². The minimum absolute atomic E-state index is 0.0394. The van der Waals surface area contributed by atoms with Gasteiger partial charge in [-0.3, -0.25) is 0 Å². The minimum Gasteiger partial charge on any atom is -0.315 e. The molecule has 1 aromatic carbocycles. The lowest BCUT2D eigenvalue weighted by molar-refractivity contribution is 0.255. The summed E-state index contributed by atoms with van der Waals surface area (Å²) in [7, 11) is 0. The average Bonchev–Trinajstić information content (AvgIpc) is 2.19. The van der Waals surface area contributed by atoms with Crippen LogP contribution in [0, 0.1) is 5.41 Å². The molecule has 0 radical (unpaired) electrons. The third kappa shape index (κ3) is 5.41. The van der Waals surface area contributed by atoms with E-state index in [9.17, 15) is 4.79 Å². The maximum absolute atomic E-state index is 11.5. The first kappa shape index (κ1) is 13.6. The van der Waals surface area contributed by atoms with E-state index in [2.05, 4.69) is 31.4 Å². The van der Waals surface area contributed by atoms with E-state index in [4.69, 9.17) is 11.6 Å². The first-order valence-corrected chi connectivity index (χ1v) is 5.76. The Morgan fingerprint density at radius 1 is 1.29 bits per heavy atom. The fourth-order valence-corrected chi connectivity index (χ4v) is 1.27. The highest BCUT2D eigenvalue weighted by Crippen LogP contribution is 2.20. The van der Waals surface area contributed by atoms with Gasteiger partial charge < -0.3 is 10.6 Å². The zero-order chi connectivity index (χ0) is 12.9. The largest absolute Gasteiger partial charge is 0.323 e. The number of carbonyl (C=O) groups is 1. The molecule has 2 N–H and O–H groups in total. The fourth-order valence-electron chi connectivity index (χ4n) is 1.09. The Balaban J connectivity index is 2.51. The van der Waals surface area contributed by atoms with Gasteiger partial charge in [-0.1, -0.05) is 50.6 Å². The molecule has 0 unspecified atom stereocenters. The average molecular weight is 253 g/mol. The molecule has 2 amide bonds. The third-order valence-corrected chi connectivity index (χ3v) is 2.25. The standard InChI is InChI=1S/C13H17ClN2O/c1-13(2,3)8-9-15-12(17)16-11-7-5-4-6-10(11)14/h4-9H,1-3H3,(H2,15,16,17)/b9-8+. The Bertz CT molecular complexity index is 422. The molecule has 0 saturated carbocycles. The number of nitrogens with one attached hydrogen (secondary N) is 2. The number of urea groups is 1. The minimum atomic E-state index is -0.307. The van der Waals surface area contributed by atoms with Gasteiger partial charge >= 0.3 is 6.03 Å². The van der Waals surface area contributed by atoms with E-state index >= 15 is 0 Å². The monoisotopic (exact) mass is 252 g/mol. The highest BCUT2D eigenvalue weighted by molar-refractivity contribution is 6.33. The van der Waals surface area contributed by atoms with E-state index in [0.29, 0.717) is 10.7 Å². The molecule has 1 rings (SSSR count). The number of hydrogen-bond acceptors (Lipinski definition) is 1. The first-order chi connectivity index (χ1) is 7.88. The zero-order valence-corrected chi connectivity index (χ0v) is 11.0. The maximum atomic E-state index is 11.5. The van der Waals surface area contributed by atoms with Crippen molar-refractivity contribution in [3.8, 4) is 0 Å². The number of allylic oxidation sites excluding steroid dienone is 1. The van der Waals surface area contributed by atoms with Crippen molar-refractivity contribution in [2.75, 3.05) is 5.32 Å². The number of hydrogen-bond donors (Lipinski definition) is 2. The van der Waals surface area contributed by atoms with Crippen LogP contribution in [0.2, 0.25) is 5.02 Å². The predicted molar refractivity (Wildman–Crippen MR) is 72.2 cm³/mol. The molecule has 0 heterocycles.